The minimum absolute atomic E-state index is 0.199. The fourth-order valence-corrected chi connectivity index (χ4v) is 2.31. The first-order valence-corrected chi connectivity index (χ1v) is 8.90. The van der Waals surface area contributed by atoms with Gasteiger partial charge < -0.3 is 9.47 Å². The number of hydrazine groups is 1. The van der Waals surface area contributed by atoms with E-state index in [4.69, 9.17) is 9.47 Å². The number of amides is 2. The van der Waals surface area contributed by atoms with Crippen molar-refractivity contribution in [3.05, 3.63) is 59.7 Å². The highest BCUT2D eigenvalue weighted by Crippen LogP contribution is 2.19. The lowest BCUT2D eigenvalue weighted by molar-refractivity contribution is -0.133. The monoisotopic (exact) mass is 370 g/mol. The Bertz CT molecular complexity index is 772. The van der Waals surface area contributed by atoms with E-state index in [1.54, 1.807) is 13.0 Å². The Morgan fingerprint density at radius 2 is 1.67 bits per heavy atom. The summed E-state index contributed by atoms with van der Waals surface area (Å²) in [6.07, 6.45) is -0.757. The van der Waals surface area contributed by atoms with E-state index in [1.807, 2.05) is 49.4 Å². The molecule has 0 aliphatic rings. The van der Waals surface area contributed by atoms with Crippen LogP contribution in [0.3, 0.4) is 0 Å². The summed E-state index contributed by atoms with van der Waals surface area (Å²) in [5.74, 6) is 0.705. The molecule has 0 heterocycles. The number of ether oxygens (including phenoxy) is 2. The van der Waals surface area contributed by atoms with Gasteiger partial charge in [-0.05, 0) is 55.2 Å². The minimum atomic E-state index is -0.757. The molecule has 0 aliphatic heterocycles. The van der Waals surface area contributed by atoms with Gasteiger partial charge in [-0.1, -0.05) is 38.1 Å². The first-order valence-electron chi connectivity index (χ1n) is 8.90. The van der Waals surface area contributed by atoms with Crippen LogP contribution in [-0.2, 0) is 9.59 Å². The van der Waals surface area contributed by atoms with Crippen LogP contribution >= 0.6 is 0 Å². The summed E-state index contributed by atoms with van der Waals surface area (Å²) in [5, 5.41) is 0. The SMILES string of the molecule is Cc1cccc(OCC(=O)NNC(=O)[C@H](C)Oc2ccc(C(C)C)cc2)c1. The third kappa shape index (κ3) is 6.66. The lowest BCUT2D eigenvalue weighted by atomic mass is 10.0. The van der Waals surface area contributed by atoms with Crippen LogP contribution in [0.15, 0.2) is 48.5 Å². The highest BCUT2D eigenvalue weighted by Gasteiger charge is 2.15. The maximum atomic E-state index is 12.1. The summed E-state index contributed by atoms with van der Waals surface area (Å²) >= 11 is 0. The number of hydrogen-bond acceptors (Lipinski definition) is 4. The van der Waals surface area contributed by atoms with Crippen molar-refractivity contribution in [3.63, 3.8) is 0 Å². The zero-order valence-electron chi connectivity index (χ0n) is 16.1. The van der Waals surface area contributed by atoms with Crippen molar-refractivity contribution in [3.8, 4) is 11.5 Å². The van der Waals surface area contributed by atoms with Crippen LogP contribution in [0.2, 0.25) is 0 Å². The van der Waals surface area contributed by atoms with Gasteiger partial charge in [0.2, 0.25) is 0 Å². The second kappa shape index (κ2) is 9.62. The number of rotatable bonds is 7. The Labute approximate surface area is 159 Å². The quantitative estimate of drug-likeness (QED) is 0.734. The Balaban J connectivity index is 1.74. The molecule has 2 amide bonds. The molecule has 0 aromatic heterocycles. The average molecular weight is 370 g/mol. The van der Waals surface area contributed by atoms with Gasteiger partial charge in [-0.2, -0.15) is 0 Å². The molecular formula is C21H26N2O4. The highest BCUT2D eigenvalue weighted by atomic mass is 16.5. The topological polar surface area (TPSA) is 76.7 Å². The molecule has 6 nitrogen and oxygen atoms in total. The zero-order chi connectivity index (χ0) is 19.8. The predicted octanol–water partition coefficient (Wildman–Crippen LogP) is 3.11. The molecule has 2 rings (SSSR count). The number of aryl methyl sites for hydroxylation is 1. The second-order valence-electron chi connectivity index (χ2n) is 6.63. The van der Waals surface area contributed by atoms with Gasteiger partial charge in [-0.25, -0.2) is 0 Å². The summed E-state index contributed by atoms with van der Waals surface area (Å²) in [7, 11) is 0. The van der Waals surface area contributed by atoms with Crippen molar-refractivity contribution in [1.29, 1.82) is 0 Å². The molecule has 27 heavy (non-hydrogen) atoms. The van der Waals surface area contributed by atoms with Crippen LogP contribution in [-0.4, -0.2) is 24.5 Å². The number of benzene rings is 2. The van der Waals surface area contributed by atoms with Crippen molar-refractivity contribution < 1.29 is 19.1 Å². The predicted molar refractivity (Wildman–Crippen MR) is 104 cm³/mol. The summed E-state index contributed by atoms with van der Waals surface area (Å²) < 4.78 is 11.0. The normalized spacial score (nSPS) is 11.6. The van der Waals surface area contributed by atoms with Gasteiger partial charge >= 0.3 is 0 Å². The van der Waals surface area contributed by atoms with E-state index in [0.717, 1.165) is 5.56 Å². The molecule has 144 valence electrons. The Kier molecular flexibility index (Phi) is 7.23. The molecule has 0 fully saturated rings. The van der Waals surface area contributed by atoms with Crippen LogP contribution < -0.4 is 20.3 Å². The molecule has 0 spiro atoms. The summed E-state index contributed by atoms with van der Waals surface area (Å²) in [6, 6.07) is 15.0. The van der Waals surface area contributed by atoms with Gasteiger partial charge in [0.25, 0.3) is 11.8 Å². The molecule has 1 atom stereocenters. The van der Waals surface area contributed by atoms with E-state index in [1.165, 1.54) is 5.56 Å². The highest BCUT2D eigenvalue weighted by molar-refractivity contribution is 5.85. The molecule has 0 saturated carbocycles. The van der Waals surface area contributed by atoms with Gasteiger partial charge in [0, 0.05) is 0 Å². The fourth-order valence-electron chi connectivity index (χ4n) is 2.31. The van der Waals surface area contributed by atoms with E-state index in [0.29, 0.717) is 17.4 Å². The van der Waals surface area contributed by atoms with Crippen molar-refractivity contribution in [2.24, 2.45) is 0 Å². The maximum absolute atomic E-state index is 12.1. The van der Waals surface area contributed by atoms with Crippen LogP contribution in [0.5, 0.6) is 11.5 Å². The molecule has 2 aromatic rings. The third-order valence-corrected chi connectivity index (χ3v) is 3.91. The summed E-state index contributed by atoms with van der Waals surface area (Å²) in [5.41, 5.74) is 6.88. The van der Waals surface area contributed by atoms with E-state index in [2.05, 4.69) is 24.7 Å². The van der Waals surface area contributed by atoms with Gasteiger partial charge in [0.1, 0.15) is 11.5 Å². The first-order chi connectivity index (χ1) is 12.8. The maximum Gasteiger partial charge on any atom is 0.279 e. The van der Waals surface area contributed by atoms with Crippen molar-refractivity contribution >= 4 is 11.8 Å². The Hall–Kier alpha value is -3.02. The fraction of sp³-hybridized carbons (Fsp3) is 0.333. The van der Waals surface area contributed by atoms with Crippen LogP contribution in [0.1, 0.15) is 37.8 Å². The molecule has 2 aromatic carbocycles. The smallest absolute Gasteiger partial charge is 0.279 e. The van der Waals surface area contributed by atoms with Crippen molar-refractivity contribution in [2.75, 3.05) is 6.61 Å². The van der Waals surface area contributed by atoms with Crippen molar-refractivity contribution in [1.82, 2.24) is 10.9 Å². The van der Waals surface area contributed by atoms with Gasteiger partial charge in [-0.3, -0.25) is 20.4 Å². The van der Waals surface area contributed by atoms with E-state index < -0.39 is 17.9 Å². The average Bonchev–Trinajstić information content (AvgIpc) is 2.64. The summed E-state index contributed by atoms with van der Waals surface area (Å²) in [4.78, 5) is 23.9. The first kappa shape index (κ1) is 20.3. The zero-order valence-corrected chi connectivity index (χ0v) is 16.1. The Morgan fingerprint density at radius 1 is 0.963 bits per heavy atom. The number of carbonyl (C=O) groups is 2. The Morgan fingerprint density at radius 3 is 2.30 bits per heavy atom. The van der Waals surface area contributed by atoms with E-state index in [-0.39, 0.29) is 6.61 Å². The van der Waals surface area contributed by atoms with Gasteiger partial charge in [0.05, 0.1) is 0 Å². The minimum Gasteiger partial charge on any atom is -0.484 e. The lowest BCUT2D eigenvalue weighted by Crippen LogP contribution is -2.48. The largest absolute Gasteiger partial charge is 0.484 e. The molecule has 0 saturated heterocycles. The second-order valence-corrected chi connectivity index (χ2v) is 6.63. The van der Waals surface area contributed by atoms with Gasteiger partial charge in [-0.15, -0.1) is 0 Å². The third-order valence-electron chi connectivity index (χ3n) is 3.91. The van der Waals surface area contributed by atoms with Crippen molar-refractivity contribution in [2.45, 2.75) is 39.7 Å². The van der Waals surface area contributed by atoms with E-state index in [9.17, 15) is 9.59 Å². The molecule has 0 radical (unpaired) electrons. The van der Waals surface area contributed by atoms with E-state index >= 15 is 0 Å². The molecule has 6 heteroatoms. The van der Waals surface area contributed by atoms with Crippen LogP contribution in [0, 0.1) is 6.92 Å². The number of hydrogen-bond donors (Lipinski definition) is 2. The molecule has 2 N–H and O–H groups in total. The van der Waals surface area contributed by atoms with Gasteiger partial charge in [0.15, 0.2) is 12.7 Å². The standard InChI is InChI=1S/C21H26N2O4/c1-14(2)17-8-10-18(11-9-17)27-16(4)21(25)23-22-20(24)13-26-19-7-5-6-15(3)12-19/h5-12,14,16H,13H2,1-4H3,(H,22,24)(H,23,25)/t16-/m0/s1. The molecular weight excluding hydrogens is 344 g/mol. The van der Waals surface area contributed by atoms with Crippen LogP contribution in [0.4, 0.5) is 0 Å². The molecule has 0 bridgehead atoms. The molecule has 0 aliphatic carbocycles. The summed E-state index contributed by atoms with van der Waals surface area (Å²) in [6.45, 7) is 7.57. The number of nitrogens with one attached hydrogen (secondary N) is 2. The number of carbonyl (C=O) groups excluding carboxylic acids is 2. The lowest BCUT2D eigenvalue weighted by Gasteiger charge is -2.16. The molecule has 0 unspecified atom stereocenters. The van der Waals surface area contributed by atoms with Crippen LogP contribution in [0.25, 0.3) is 0 Å².